The van der Waals surface area contributed by atoms with Gasteiger partial charge in [-0.05, 0) is 25.8 Å². The van der Waals surface area contributed by atoms with Gasteiger partial charge in [0.15, 0.2) is 5.65 Å². The number of pyridine rings is 1. The summed E-state index contributed by atoms with van der Waals surface area (Å²) in [6, 6.07) is 11.9. The van der Waals surface area contributed by atoms with Crippen molar-refractivity contribution in [2.75, 3.05) is 13.2 Å². The molecule has 0 saturated heterocycles. The molecule has 6 heteroatoms. The molecule has 3 aromatic rings. The Morgan fingerprint density at radius 1 is 1.31 bits per heavy atom. The maximum Gasteiger partial charge on any atom is 0.255 e. The van der Waals surface area contributed by atoms with E-state index < -0.39 is 0 Å². The number of aliphatic hydroxyl groups is 1. The molecule has 1 amide bonds. The fourth-order valence-corrected chi connectivity index (χ4v) is 3.31. The molecular formula is C20H22N4O2. The Morgan fingerprint density at radius 3 is 2.73 bits per heavy atom. The second kappa shape index (κ2) is 6.88. The number of aromatic nitrogens is 3. The predicted molar refractivity (Wildman–Crippen MR) is 99.8 cm³/mol. The molecule has 0 bridgehead atoms. The van der Waals surface area contributed by atoms with E-state index in [2.05, 4.69) is 5.10 Å². The SMILES string of the molecule is CCn1ncc2c(C(=O)N(CCO)C3CC3)cc(-c3ccccc3)nc21. The number of hydrogen-bond acceptors (Lipinski definition) is 4. The molecule has 26 heavy (non-hydrogen) atoms. The number of aryl methyl sites for hydroxylation is 1. The van der Waals surface area contributed by atoms with Crippen LogP contribution in [0.2, 0.25) is 0 Å². The van der Waals surface area contributed by atoms with Gasteiger partial charge in [0.1, 0.15) is 0 Å². The van der Waals surface area contributed by atoms with Crippen LogP contribution in [0.1, 0.15) is 30.1 Å². The number of rotatable bonds is 6. The number of nitrogens with zero attached hydrogens (tertiary/aromatic N) is 4. The van der Waals surface area contributed by atoms with Crippen molar-refractivity contribution in [2.45, 2.75) is 32.4 Å². The van der Waals surface area contributed by atoms with E-state index in [0.29, 0.717) is 18.7 Å². The minimum Gasteiger partial charge on any atom is -0.395 e. The molecule has 1 aliphatic carbocycles. The molecule has 2 aromatic heterocycles. The first-order valence-electron chi connectivity index (χ1n) is 9.06. The summed E-state index contributed by atoms with van der Waals surface area (Å²) in [4.78, 5) is 19.8. The highest BCUT2D eigenvalue weighted by atomic mass is 16.3. The maximum absolute atomic E-state index is 13.3. The van der Waals surface area contributed by atoms with Gasteiger partial charge in [0, 0.05) is 24.7 Å². The van der Waals surface area contributed by atoms with Crippen molar-refractivity contribution in [2.24, 2.45) is 0 Å². The zero-order chi connectivity index (χ0) is 18.1. The molecule has 1 saturated carbocycles. The van der Waals surface area contributed by atoms with Gasteiger partial charge in [0.25, 0.3) is 5.91 Å². The van der Waals surface area contributed by atoms with Gasteiger partial charge in [-0.15, -0.1) is 0 Å². The summed E-state index contributed by atoms with van der Waals surface area (Å²) in [7, 11) is 0. The highest BCUT2D eigenvalue weighted by molar-refractivity contribution is 6.06. The largest absolute Gasteiger partial charge is 0.395 e. The summed E-state index contributed by atoms with van der Waals surface area (Å²) in [6.45, 7) is 3.02. The van der Waals surface area contributed by atoms with Crippen molar-refractivity contribution in [3.8, 4) is 11.3 Å². The number of carbonyl (C=O) groups is 1. The minimum atomic E-state index is -0.0539. The Bertz CT molecular complexity index is 932. The van der Waals surface area contributed by atoms with Crippen molar-refractivity contribution < 1.29 is 9.90 Å². The molecular weight excluding hydrogens is 328 g/mol. The second-order valence-corrected chi connectivity index (χ2v) is 6.57. The Morgan fingerprint density at radius 2 is 2.08 bits per heavy atom. The van der Waals surface area contributed by atoms with Crippen LogP contribution in [0.5, 0.6) is 0 Å². The highest BCUT2D eigenvalue weighted by Crippen LogP contribution is 2.31. The quantitative estimate of drug-likeness (QED) is 0.742. The lowest BCUT2D eigenvalue weighted by molar-refractivity contribution is 0.0709. The topological polar surface area (TPSA) is 71.2 Å². The van der Waals surface area contributed by atoms with Crippen LogP contribution in [0.25, 0.3) is 22.3 Å². The summed E-state index contributed by atoms with van der Waals surface area (Å²) in [5, 5.41) is 14.5. The lowest BCUT2D eigenvalue weighted by atomic mass is 10.1. The molecule has 0 spiro atoms. The Labute approximate surface area is 152 Å². The number of benzene rings is 1. The number of fused-ring (bicyclic) bond motifs is 1. The van der Waals surface area contributed by atoms with E-state index in [1.807, 2.05) is 48.0 Å². The molecule has 134 valence electrons. The molecule has 6 nitrogen and oxygen atoms in total. The lowest BCUT2D eigenvalue weighted by Gasteiger charge is -2.22. The van der Waals surface area contributed by atoms with Crippen molar-refractivity contribution in [1.82, 2.24) is 19.7 Å². The van der Waals surface area contributed by atoms with Gasteiger partial charge in [0.05, 0.1) is 29.4 Å². The summed E-state index contributed by atoms with van der Waals surface area (Å²) in [6.07, 6.45) is 3.72. The normalized spacial score (nSPS) is 13.9. The predicted octanol–water partition coefficient (Wildman–Crippen LogP) is 2.72. The summed E-state index contributed by atoms with van der Waals surface area (Å²) in [5.74, 6) is -0.0539. The zero-order valence-corrected chi connectivity index (χ0v) is 14.8. The van der Waals surface area contributed by atoms with Crippen LogP contribution in [0, 0.1) is 0 Å². The van der Waals surface area contributed by atoms with Crippen molar-refractivity contribution in [3.63, 3.8) is 0 Å². The van der Waals surface area contributed by atoms with Crippen LogP contribution in [0.4, 0.5) is 0 Å². The maximum atomic E-state index is 13.3. The van der Waals surface area contributed by atoms with E-state index in [1.54, 1.807) is 11.1 Å². The van der Waals surface area contributed by atoms with Gasteiger partial charge in [-0.2, -0.15) is 5.10 Å². The van der Waals surface area contributed by atoms with E-state index in [-0.39, 0.29) is 18.6 Å². The molecule has 0 unspecified atom stereocenters. The van der Waals surface area contributed by atoms with Crippen LogP contribution < -0.4 is 0 Å². The third kappa shape index (κ3) is 2.97. The van der Waals surface area contributed by atoms with E-state index in [1.165, 1.54) is 0 Å². The van der Waals surface area contributed by atoms with Crippen LogP contribution in [-0.2, 0) is 6.54 Å². The second-order valence-electron chi connectivity index (χ2n) is 6.57. The van der Waals surface area contributed by atoms with Gasteiger partial charge >= 0.3 is 0 Å². The van der Waals surface area contributed by atoms with Crippen molar-refractivity contribution in [1.29, 1.82) is 0 Å². The number of amides is 1. The molecule has 1 N–H and O–H groups in total. The number of hydrogen-bond donors (Lipinski definition) is 1. The fourth-order valence-electron chi connectivity index (χ4n) is 3.31. The fraction of sp³-hybridized carbons (Fsp3) is 0.350. The summed E-state index contributed by atoms with van der Waals surface area (Å²) in [5.41, 5.74) is 3.05. The minimum absolute atomic E-state index is 0.0315. The Hall–Kier alpha value is -2.73. The van der Waals surface area contributed by atoms with E-state index >= 15 is 0 Å². The van der Waals surface area contributed by atoms with E-state index in [0.717, 1.165) is 35.1 Å². The molecule has 0 atom stereocenters. The monoisotopic (exact) mass is 350 g/mol. The van der Waals surface area contributed by atoms with E-state index in [4.69, 9.17) is 4.98 Å². The van der Waals surface area contributed by atoms with Gasteiger partial charge in [-0.1, -0.05) is 30.3 Å². The summed E-state index contributed by atoms with van der Waals surface area (Å²) < 4.78 is 1.81. The summed E-state index contributed by atoms with van der Waals surface area (Å²) >= 11 is 0. The zero-order valence-electron chi connectivity index (χ0n) is 14.8. The molecule has 0 radical (unpaired) electrons. The van der Waals surface area contributed by atoms with E-state index in [9.17, 15) is 9.90 Å². The smallest absolute Gasteiger partial charge is 0.255 e. The van der Waals surface area contributed by atoms with Crippen LogP contribution in [-0.4, -0.2) is 49.9 Å². The number of aliphatic hydroxyl groups excluding tert-OH is 1. The number of carbonyl (C=O) groups excluding carboxylic acids is 1. The van der Waals surface area contributed by atoms with Crippen molar-refractivity contribution >= 4 is 16.9 Å². The first-order valence-corrected chi connectivity index (χ1v) is 9.06. The average Bonchev–Trinajstić information content (AvgIpc) is 3.44. The molecule has 1 aromatic carbocycles. The van der Waals surface area contributed by atoms with Crippen molar-refractivity contribution in [3.05, 3.63) is 48.2 Å². The lowest BCUT2D eigenvalue weighted by Crippen LogP contribution is -2.35. The van der Waals surface area contributed by atoms with Gasteiger partial charge in [-0.25, -0.2) is 9.67 Å². The average molecular weight is 350 g/mol. The Kier molecular flexibility index (Phi) is 4.42. The Balaban J connectivity index is 1.87. The molecule has 1 fully saturated rings. The highest BCUT2D eigenvalue weighted by Gasteiger charge is 2.33. The first-order chi connectivity index (χ1) is 12.7. The van der Waals surface area contributed by atoms with Gasteiger partial charge in [0.2, 0.25) is 0 Å². The standard InChI is InChI=1S/C20H22N4O2/c1-2-24-19-17(13-21-24)16(20(26)23(10-11-25)15-8-9-15)12-18(22-19)14-6-4-3-5-7-14/h3-7,12-13,15,25H,2,8-11H2,1H3. The third-order valence-corrected chi connectivity index (χ3v) is 4.80. The van der Waals surface area contributed by atoms with Crippen LogP contribution in [0.15, 0.2) is 42.6 Å². The van der Waals surface area contributed by atoms with Gasteiger partial charge in [-0.3, -0.25) is 4.79 Å². The molecule has 1 aliphatic rings. The van der Waals surface area contributed by atoms with Crippen LogP contribution in [0.3, 0.4) is 0 Å². The molecule has 4 rings (SSSR count). The van der Waals surface area contributed by atoms with Crippen LogP contribution >= 0.6 is 0 Å². The first kappa shape index (κ1) is 16.7. The van der Waals surface area contributed by atoms with Gasteiger partial charge < -0.3 is 10.0 Å². The molecule has 2 heterocycles. The third-order valence-electron chi connectivity index (χ3n) is 4.80. The molecule has 0 aliphatic heterocycles.